The molecule has 5 nitrogen and oxygen atoms in total. The Balaban J connectivity index is 1.41. The zero-order valence-corrected chi connectivity index (χ0v) is 15.5. The van der Waals surface area contributed by atoms with Gasteiger partial charge in [0.25, 0.3) is 5.91 Å². The number of amides is 1. The predicted octanol–water partition coefficient (Wildman–Crippen LogP) is 4.84. The molecule has 0 unspecified atom stereocenters. The van der Waals surface area contributed by atoms with Crippen LogP contribution in [0.3, 0.4) is 0 Å². The van der Waals surface area contributed by atoms with Crippen molar-refractivity contribution >= 4 is 17.2 Å². The maximum atomic E-state index is 12.7. The fraction of sp³-hybridized carbons (Fsp3) is 0.316. The minimum Gasteiger partial charge on any atom is -0.339 e. The first-order valence-electron chi connectivity index (χ1n) is 8.76. The van der Waals surface area contributed by atoms with Gasteiger partial charge in [-0.25, -0.2) is 0 Å². The van der Waals surface area contributed by atoms with E-state index in [-0.39, 0.29) is 17.6 Å². The molecule has 1 aliphatic rings. The van der Waals surface area contributed by atoms with Gasteiger partial charge in [0.05, 0.1) is 10.4 Å². The summed E-state index contributed by atoms with van der Waals surface area (Å²) in [4.78, 5) is 19.3. The standard InChI is InChI=1S/C19H16F3N3O2S/c20-19(21,22)14-5-3-12(4-6-14)16-23-17(27-24-16)13-7-9-25(10-8-13)18(26)15-2-1-11-28-15/h1-6,11,13H,7-10H2. The number of likely N-dealkylation sites (tertiary alicyclic amines) is 1. The number of rotatable bonds is 3. The van der Waals surface area contributed by atoms with Crippen molar-refractivity contribution in [1.29, 1.82) is 0 Å². The van der Waals surface area contributed by atoms with Gasteiger partial charge in [-0.3, -0.25) is 4.79 Å². The van der Waals surface area contributed by atoms with Gasteiger partial charge >= 0.3 is 6.18 Å². The topological polar surface area (TPSA) is 59.2 Å². The molecule has 0 bridgehead atoms. The van der Waals surface area contributed by atoms with Crippen LogP contribution in [0.2, 0.25) is 0 Å². The lowest BCUT2D eigenvalue weighted by Crippen LogP contribution is -2.37. The van der Waals surface area contributed by atoms with Crippen molar-refractivity contribution in [2.24, 2.45) is 0 Å². The van der Waals surface area contributed by atoms with Crippen molar-refractivity contribution in [3.63, 3.8) is 0 Å². The van der Waals surface area contributed by atoms with Crippen LogP contribution in [-0.2, 0) is 6.18 Å². The maximum absolute atomic E-state index is 12.7. The lowest BCUT2D eigenvalue weighted by atomic mass is 9.96. The fourth-order valence-electron chi connectivity index (χ4n) is 3.21. The molecule has 4 rings (SSSR count). The number of aromatic nitrogens is 2. The highest BCUT2D eigenvalue weighted by molar-refractivity contribution is 7.12. The summed E-state index contributed by atoms with van der Waals surface area (Å²) in [7, 11) is 0. The summed E-state index contributed by atoms with van der Waals surface area (Å²) >= 11 is 1.42. The molecule has 1 aromatic carbocycles. The number of carbonyl (C=O) groups is 1. The van der Waals surface area contributed by atoms with Crippen LogP contribution in [-0.4, -0.2) is 34.0 Å². The van der Waals surface area contributed by atoms with Crippen molar-refractivity contribution in [3.8, 4) is 11.4 Å². The normalized spacial score (nSPS) is 15.8. The summed E-state index contributed by atoms with van der Waals surface area (Å²) in [5.41, 5.74) is -0.254. The Labute approximate surface area is 162 Å². The molecule has 0 aliphatic carbocycles. The second-order valence-corrected chi connectivity index (χ2v) is 7.52. The molecule has 1 aliphatic heterocycles. The number of hydrogen-bond donors (Lipinski definition) is 0. The molecule has 3 heterocycles. The van der Waals surface area contributed by atoms with Crippen LogP contribution < -0.4 is 0 Å². The predicted molar refractivity (Wildman–Crippen MR) is 96.9 cm³/mol. The van der Waals surface area contributed by atoms with E-state index in [0.29, 0.717) is 37.4 Å². The molecule has 3 aromatic rings. The molecular formula is C19H16F3N3O2S. The second kappa shape index (κ2) is 7.38. The quantitative estimate of drug-likeness (QED) is 0.624. The molecule has 1 saturated heterocycles. The van der Waals surface area contributed by atoms with Gasteiger partial charge in [-0.2, -0.15) is 18.2 Å². The minimum absolute atomic E-state index is 0.0306. The summed E-state index contributed by atoms with van der Waals surface area (Å²) in [6.07, 6.45) is -2.98. The Hall–Kier alpha value is -2.68. The highest BCUT2D eigenvalue weighted by Crippen LogP contribution is 2.32. The highest BCUT2D eigenvalue weighted by atomic mass is 32.1. The van der Waals surface area contributed by atoms with Crippen LogP contribution in [0.25, 0.3) is 11.4 Å². The van der Waals surface area contributed by atoms with Gasteiger partial charge in [0.2, 0.25) is 11.7 Å². The summed E-state index contributed by atoms with van der Waals surface area (Å²) < 4.78 is 43.3. The summed E-state index contributed by atoms with van der Waals surface area (Å²) in [5.74, 6) is 0.784. The average molecular weight is 407 g/mol. The number of halogens is 3. The molecule has 0 atom stereocenters. The molecule has 2 aromatic heterocycles. The molecule has 146 valence electrons. The number of piperidine rings is 1. The van der Waals surface area contributed by atoms with E-state index < -0.39 is 11.7 Å². The van der Waals surface area contributed by atoms with Gasteiger partial charge in [-0.1, -0.05) is 23.4 Å². The van der Waals surface area contributed by atoms with Crippen molar-refractivity contribution in [2.45, 2.75) is 24.9 Å². The van der Waals surface area contributed by atoms with Gasteiger partial charge in [0.1, 0.15) is 0 Å². The first kappa shape index (κ1) is 18.7. The van der Waals surface area contributed by atoms with Crippen LogP contribution >= 0.6 is 11.3 Å². The molecular weight excluding hydrogens is 391 g/mol. The Morgan fingerprint density at radius 3 is 2.46 bits per heavy atom. The highest BCUT2D eigenvalue weighted by Gasteiger charge is 2.31. The van der Waals surface area contributed by atoms with E-state index in [9.17, 15) is 18.0 Å². The molecule has 0 N–H and O–H groups in total. The molecule has 28 heavy (non-hydrogen) atoms. The van der Waals surface area contributed by atoms with Crippen LogP contribution in [0, 0.1) is 0 Å². The van der Waals surface area contributed by atoms with Crippen molar-refractivity contribution in [1.82, 2.24) is 15.0 Å². The van der Waals surface area contributed by atoms with Gasteiger partial charge < -0.3 is 9.42 Å². The molecule has 1 fully saturated rings. The van der Waals surface area contributed by atoms with E-state index in [1.165, 1.54) is 23.5 Å². The number of thiophene rings is 1. The van der Waals surface area contributed by atoms with Gasteiger partial charge in [0.15, 0.2) is 0 Å². The third-order valence-corrected chi connectivity index (χ3v) is 5.63. The third kappa shape index (κ3) is 3.80. The van der Waals surface area contributed by atoms with Crippen LogP contribution in [0.1, 0.15) is 39.9 Å². The first-order valence-corrected chi connectivity index (χ1v) is 9.64. The van der Waals surface area contributed by atoms with Gasteiger partial charge in [-0.15, -0.1) is 11.3 Å². The smallest absolute Gasteiger partial charge is 0.339 e. The molecule has 0 spiro atoms. The van der Waals surface area contributed by atoms with E-state index in [1.54, 1.807) is 0 Å². The number of benzene rings is 1. The maximum Gasteiger partial charge on any atom is 0.416 e. The lowest BCUT2D eigenvalue weighted by molar-refractivity contribution is -0.137. The SMILES string of the molecule is O=C(c1cccs1)N1CCC(c2nc(-c3ccc(C(F)(F)F)cc3)no2)CC1. The molecule has 9 heteroatoms. The molecule has 0 saturated carbocycles. The summed E-state index contributed by atoms with van der Waals surface area (Å²) in [6, 6.07) is 8.33. The average Bonchev–Trinajstić information content (AvgIpc) is 3.39. The van der Waals surface area contributed by atoms with Gasteiger partial charge in [0, 0.05) is 24.6 Å². The Morgan fingerprint density at radius 1 is 1.14 bits per heavy atom. The van der Waals surface area contributed by atoms with E-state index in [0.717, 1.165) is 17.0 Å². The second-order valence-electron chi connectivity index (χ2n) is 6.58. The zero-order chi connectivity index (χ0) is 19.7. The summed E-state index contributed by atoms with van der Waals surface area (Å²) in [6.45, 7) is 1.19. The van der Waals surface area contributed by atoms with Crippen molar-refractivity contribution in [3.05, 3.63) is 58.1 Å². The van der Waals surface area contributed by atoms with Crippen molar-refractivity contribution < 1.29 is 22.5 Å². The van der Waals surface area contributed by atoms with E-state index >= 15 is 0 Å². The number of nitrogens with zero attached hydrogens (tertiary/aromatic N) is 3. The van der Waals surface area contributed by atoms with Crippen LogP contribution in [0.15, 0.2) is 46.3 Å². The van der Waals surface area contributed by atoms with Crippen LogP contribution in [0.4, 0.5) is 13.2 Å². The number of alkyl halides is 3. The van der Waals surface area contributed by atoms with E-state index in [2.05, 4.69) is 10.1 Å². The number of carbonyl (C=O) groups excluding carboxylic acids is 1. The molecule has 0 radical (unpaired) electrons. The van der Waals surface area contributed by atoms with Crippen molar-refractivity contribution in [2.75, 3.05) is 13.1 Å². The summed E-state index contributed by atoms with van der Waals surface area (Å²) in [5, 5.41) is 5.78. The minimum atomic E-state index is -4.38. The van der Waals surface area contributed by atoms with E-state index in [4.69, 9.17) is 4.52 Å². The number of hydrogen-bond acceptors (Lipinski definition) is 5. The molecule has 1 amide bonds. The van der Waals surface area contributed by atoms with E-state index in [1.807, 2.05) is 22.4 Å². The Kier molecular flexibility index (Phi) is 4.92. The van der Waals surface area contributed by atoms with Gasteiger partial charge in [-0.05, 0) is 36.4 Å². The Bertz CT molecular complexity index is 944. The van der Waals surface area contributed by atoms with Crippen LogP contribution in [0.5, 0.6) is 0 Å². The first-order chi connectivity index (χ1) is 13.4. The monoisotopic (exact) mass is 407 g/mol. The largest absolute Gasteiger partial charge is 0.416 e. The Morgan fingerprint density at radius 2 is 1.86 bits per heavy atom. The zero-order valence-electron chi connectivity index (χ0n) is 14.6. The fourth-order valence-corrected chi connectivity index (χ4v) is 3.90. The third-order valence-electron chi connectivity index (χ3n) is 4.78. The lowest BCUT2D eigenvalue weighted by Gasteiger charge is -2.30.